The molecule has 1 amide bonds. The fourth-order valence-corrected chi connectivity index (χ4v) is 4.99. The van der Waals surface area contributed by atoms with Gasteiger partial charge in [0.25, 0.3) is 5.91 Å². The van der Waals surface area contributed by atoms with Crippen LogP contribution in [-0.2, 0) is 7.05 Å². The molecule has 8 heteroatoms. The number of nitrogens with zero attached hydrogens (tertiary/aromatic N) is 6. The summed E-state index contributed by atoms with van der Waals surface area (Å²) in [6.07, 6.45) is 0.911. The Labute approximate surface area is 175 Å². The van der Waals surface area contributed by atoms with E-state index in [1.165, 1.54) is 0 Å². The molecule has 1 unspecified atom stereocenters. The molecule has 2 aromatic heterocycles. The number of rotatable bonds is 3. The van der Waals surface area contributed by atoms with Crippen LogP contribution in [-0.4, -0.2) is 62.4 Å². The average molecular weight is 406 g/mol. The summed E-state index contributed by atoms with van der Waals surface area (Å²) in [4.78, 5) is 17.2. The van der Waals surface area contributed by atoms with E-state index in [1.54, 1.807) is 4.68 Å². The van der Waals surface area contributed by atoms with Gasteiger partial charge in [0.05, 0.1) is 17.3 Å². The van der Waals surface area contributed by atoms with Gasteiger partial charge >= 0.3 is 0 Å². The van der Waals surface area contributed by atoms with Gasteiger partial charge in [-0.2, -0.15) is 5.10 Å². The van der Waals surface area contributed by atoms with E-state index >= 15 is 0 Å². The molecule has 2 saturated heterocycles. The summed E-state index contributed by atoms with van der Waals surface area (Å²) < 4.78 is 7.78. The Morgan fingerprint density at radius 1 is 1.10 bits per heavy atom. The highest BCUT2D eigenvalue weighted by Gasteiger charge is 2.53. The molecule has 1 spiro atoms. The molecule has 0 saturated carbocycles. The van der Waals surface area contributed by atoms with Crippen LogP contribution >= 0.6 is 0 Å². The van der Waals surface area contributed by atoms with E-state index in [4.69, 9.17) is 4.42 Å². The highest BCUT2D eigenvalue weighted by molar-refractivity contribution is 5.97. The lowest BCUT2D eigenvalue weighted by Gasteiger charge is -2.48. The first kappa shape index (κ1) is 19.0. The summed E-state index contributed by atoms with van der Waals surface area (Å²) >= 11 is 0. The first-order chi connectivity index (χ1) is 14.4. The Hall–Kier alpha value is -3.00. The third-order valence-electron chi connectivity index (χ3n) is 6.55. The van der Waals surface area contributed by atoms with Crippen molar-refractivity contribution in [1.82, 2.24) is 29.8 Å². The van der Waals surface area contributed by atoms with Crippen LogP contribution in [0.15, 0.2) is 34.7 Å². The molecule has 4 heterocycles. The predicted molar refractivity (Wildman–Crippen MR) is 111 cm³/mol. The van der Waals surface area contributed by atoms with Gasteiger partial charge in [-0.15, -0.1) is 10.2 Å². The lowest BCUT2D eigenvalue weighted by Crippen LogP contribution is -2.59. The third-order valence-corrected chi connectivity index (χ3v) is 6.55. The molecule has 1 aromatic carbocycles. The summed E-state index contributed by atoms with van der Waals surface area (Å²) in [5.74, 6) is 1.28. The second-order valence-electron chi connectivity index (χ2n) is 8.78. The first-order valence-electron chi connectivity index (χ1n) is 10.3. The maximum atomic E-state index is 13.0. The van der Waals surface area contributed by atoms with E-state index in [-0.39, 0.29) is 17.4 Å². The standard InChI is InChI=1S/C22H26N6O2/c1-14-18(15(2)27(4)25-14)21(29)28-12-22(13-28)10-17(26(3)11-22)20-24-23-19(30-20)16-8-6-5-7-9-16/h5-9,17H,10-13H2,1-4H3. The van der Waals surface area contributed by atoms with Crippen LogP contribution in [0.1, 0.15) is 40.1 Å². The molecule has 156 valence electrons. The zero-order chi connectivity index (χ0) is 21.0. The third kappa shape index (κ3) is 2.94. The Kier molecular flexibility index (Phi) is 4.28. The van der Waals surface area contributed by atoms with Gasteiger partial charge < -0.3 is 9.32 Å². The number of carbonyl (C=O) groups is 1. The minimum atomic E-state index is 0.0779. The van der Waals surface area contributed by atoms with Gasteiger partial charge in [0.2, 0.25) is 11.8 Å². The van der Waals surface area contributed by atoms with Gasteiger partial charge in [0.15, 0.2) is 0 Å². The van der Waals surface area contributed by atoms with Crippen LogP contribution in [0, 0.1) is 19.3 Å². The number of hydrogen-bond donors (Lipinski definition) is 0. The van der Waals surface area contributed by atoms with Crippen molar-refractivity contribution in [3.63, 3.8) is 0 Å². The van der Waals surface area contributed by atoms with Gasteiger partial charge in [0.1, 0.15) is 0 Å². The van der Waals surface area contributed by atoms with E-state index in [2.05, 4.69) is 27.2 Å². The van der Waals surface area contributed by atoms with E-state index in [0.717, 1.165) is 48.6 Å². The van der Waals surface area contributed by atoms with Crippen LogP contribution in [0.3, 0.4) is 0 Å². The van der Waals surface area contributed by atoms with Crippen LogP contribution in [0.25, 0.3) is 11.5 Å². The average Bonchev–Trinajstić information content (AvgIpc) is 3.38. The molecular weight excluding hydrogens is 380 g/mol. The lowest BCUT2D eigenvalue weighted by atomic mass is 9.77. The van der Waals surface area contributed by atoms with Crippen molar-refractivity contribution in [2.24, 2.45) is 12.5 Å². The summed E-state index contributed by atoms with van der Waals surface area (Å²) in [5.41, 5.74) is 3.45. The molecule has 0 bridgehead atoms. The number of hydrogen-bond acceptors (Lipinski definition) is 6. The molecule has 0 radical (unpaired) electrons. The lowest BCUT2D eigenvalue weighted by molar-refractivity contribution is 0.0113. The highest BCUT2D eigenvalue weighted by atomic mass is 16.4. The van der Waals surface area contributed by atoms with E-state index in [9.17, 15) is 4.79 Å². The second-order valence-corrected chi connectivity index (χ2v) is 8.78. The number of benzene rings is 1. The summed E-state index contributed by atoms with van der Waals surface area (Å²) in [6, 6.07) is 9.90. The van der Waals surface area contributed by atoms with Crippen LogP contribution in [0.5, 0.6) is 0 Å². The molecule has 30 heavy (non-hydrogen) atoms. The van der Waals surface area contributed by atoms with Gasteiger partial charge in [-0.05, 0) is 39.4 Å². The monoisotopic (exact) mass is 406 g/mol. The van der Waals surface area contributed by atoms with Crippen molar-refractivity contribution in [2.75, 3.05) is 26.7 Å². The van der Waals surface area contributed by atoms with Gasteiger partial charge in [-0.1, -0.05) is 18.2 Å². The van der Waals surface area contributed by atoms with Crippen molar-refractivity contribution in [2.45, 2.75) is 26.3 Å². The molecule has 5 rings (SSSR count). The number of amides is 1. The zero-order valence-electron chi connectivity index (χ0n) is 17.8. The van der Waals surface area contributed by atoms with E-state index in [1.807, 2.05) is 56.1 Å². The molecule has 2 aliphatic heterocycles. The van der Waals surface area contributed by atoms with E-state index in [0.29, 0.717) is 11.8 Å². The first-order valence-corrected chi connectivity index (χ1v) is 10.3. The molecule has 0 N–H and O–H groups in total. The zero-order valence-corrected chi connectivity index (χ0v) is 17.8. The molecular formula is C22H26N6O2. The largest absolute Gasteiger partial charge is 0.419 e. The molecule has 8 nitrogen and oxygen atoms in total. The quantitative estimate of drug-likeness (QED) is 0.665. The molecule has 0 aliphatic carbocycles. The summed E-state index contributed by atoms with van der Waals surface area (Å²) in [5, 5.41) is 13.0. The van der Waals surface area contributed by atoms with Gasteiger partial charge in [0, 0.05) is 43.4 Å². The normalized spacial score (nSPS) is 20.7. The maximum Gasteiger partial charge on any atom is 0.257 e. The van der Waals surface area contributed by atoms with Crippen molar-refractivity contribution in [1.29, 1.82) is 0 Å². The van der Waals surface area contributed by atoms with Crippen molar-refractivity contribution in [3.05, 3.63) is 53.2 Å². The molecule has 1 atom stereocenters. The van der Waals surface area contributed by atoms with Crippen LogP contribution < -0.4 is 0 Å². The fourth-order valence-electron chi connectivity index (χ4n) is 4.99. The van der Waals surface area contributed by atoms with Crippen LogP contribution in [0.4, 0.5) is 0 Å². The highest BCUT2D eigenvalue weighted by Crippen LogP contribution is 2.48. The van der Waals surface area contributed by atoms with Gasteiger partial charge in [-0.25, -0.2) is 0 Å². The Bertz CT molecular complexity index is 1100. The Morgan fingerprint density at radius 2 is 1.83 bits per heavy atom. The molecule has 2 aliphatic rings. The van der Waals surface area contributed by atoms with Crippen molar-refractivity contribution < 1.29 is 9.21 Å². The summed E-state index contributed by atoms with van der Waals surface area (Å²) in [6.45, 7) is 6.26. The fraction of sp³-hybridized carbons (Fsp3) is 0.455. The second kappa shape index (κ2) is 6.77. The smallest absolute Gasteiger partial charge is 0.257 e. The maximum absolute atomic E-state index is 13.0. The van der Waals surface area contributed by atoms with E-state index < -0.39 is 0 Å². The number of carbonyl (C=O) groups excluding carboxylic acids is 1. The SMILES string of the molecule is Cc1nn(C)c(C)c1C(=O)N1CC2(CC(c3nnc(-c4ccccc4)o3)N(C)C2)C1. The topological polar surface area (TPSA) is 80.3 Å². The predicted octanol–water partition coefficient (Wildman–Crippen LogP) is 2.61. The number of aryl methyl sites for hydroxylation is 2. The minimum absolute atomic E-state index is 0.0779. The minimum Gasteiger partial charge on any atom is -0.419 e. The van der Waals surface area contributed by atoms with Crippen molar-refractivity contribution >= 4 is 5.91 Å². The van der Waals surface area contributed by atoms with Crippen molar-refractivity contribution in [3.8, 4) is 11.5 Å². The number of aromatic nitrogens is 4. The summed E-state index contributed by atoms with van der Waals surface area (Å²) in [7, 11) is 3.97. The number of likely N-dealkylation sites (tertiary alicyclic amines) is 2. The van der Waals surface area contributed by atoms with Crippen LogP contribution in [0.2, 0.25) is 0 Å². The van der Waals surface area contributed by atoms with Gasteiger partial charge in [-0.3, -0.25) is 14.4 Å². The molecule has 2 fully saturated rings. The molecule has 3 aromatic rings. The Balaban J connectivity index is 1.29. The Morgan fingerprint density at radius 3 is 2.50 bits per heavy atom.